The van der Waals surface area contributed by atoms with Gasteiger partial charge in [-0.1, -0.05) is 382 Å². The van der Waals surface area contributed by atoms with Crippen LogP contribution in [0.15, 0.2) is 479 Å². The molecule has 34 rings (SSSR count). The third-order valence-corrected chi connectivity index (χ3v) is 30.8. The Hall–Kier alpha value is -20.6. The van der Waals surface area contributed by atoms with Crippen LogP contribution in [0, 0.1) is 0 Å². The summed E-state index contributed by atoms with van der Waals surface area (Å²) in [6.45, 7) is 0. The molecule has 0 radical (unpaired) electrons. The lowest BCUT2D eigenvalue weighted by atomic mass is 10.0. The fraction of sp³-hybridized carbons (Fsp3) is 0. The zero-order chi connectivity index (χ0) is 98.0. The van der Waals surface area contributed by atoms with Crippen molar-refractivity contribution in [1.29, 1.82) is 0 Å². The Balaban J connectivity index is 0.0000000993. The van der Waals surface area contributed by atoms with Gasteiger partial charge in [0.15, 0.2) is 52.4 Å². The first kappa shape index (κ1) is 83.0. The maximum atomic E-state index is 5.13. The van der Waals surface area contributed by atoms with Gasteiger partial charge >= 0.3 is 0 Å². The van der Waals surface area contributed by atoms with Crippen molar-refractivity contribution < 1.29 is 0 Å². The lowest BCUT2D eigenvalue weighted by Crippen LogP contribution is -2.01. The molecule has 0 aliphatic heterocycles. The van der Waals surface area contributed by atoms with Crippen LogP contribution >= 0.6 is 0 Å². The van der Waals surface area contributed by atoms with Crippen molar-refractivity contribution in [3.05, 3.63) is 479 Å². The minimum absolute atomic E-state index is 0.638. The lowest BCUT2D eigenvalue weighted by Gasteiger charge is -2.11. The van der Waals surface area contributed by atoms with E-state index >= 15 is 0 Å². The zero-order valence-electron chi connectivity index (χ0n) is 80.3. The molecule has 0 bridgehead atoms. The SMILES string of the molecule is c1ccc(-c2nc(-c3ccccc3)nc(-c3ccc4c5cc(-n6c7ccccc7c7ccccc76)cc6c7ccccc7n(c4c3)c65)n2)cc1.c1ccc(-c2nc(-c3ccccc3)nc(-c3cccc(-n4c5ccccc5c5c6c7cccc8c9ccccc9n(c6ccc54)c87)c3)n2)cc1.c1ccc(-c2nc(-c3ccccc3)nc(-c3cccc4c3c3cccc5c6cc7c(cc6n4c53)c3cccc4c5ccccc5n7c43)n2)cc1. The summed E-state index contributed by atoms with van der Waals surface area (Å²) in [5, 5.41) is 25.1. The molecular weight excluding hydrogens is 1830 g/mol. The van der Waals surface area contributed by atoms with Crippen molar-refractivity contribution in [1.82, 2.24) is 71.6 Å². The molecule has 0 spiro atoms. The van der Waals surface area contributed by atoms with Crippen LogP contribution in [0.5, 0.6) is 0 Å². The molecule has 15 nitrogen and oxygen atoms in total. The first-order valence-electron chi connectivity index (χ1n) is 50.7. The van der Waals surface area contributed by atoms with Crippen LogP contribution < -0.4 is 0 Å². The average Bonchev–Trinajstić information content (AvgIpc) is 1.61. The number of nitrogens with zero attached hydrogens (tertiary/aromatic N) is 15. The van der Waals surface area contributed by atoms with Crippen molar-refractivity contribution in [2.45, 2.75) is 0 Å². The first-order chi connectivity index (χ1) is 74.4. The number of hydrogen-bond acceptors (Lipinski definition) is 9. The van der Waals surface area contributed by atoms with E-state index in [1.165, 1.54) is 174 Å². The van der Waals surface area contributed by atoms with Gasteiger partial charge in [0, 0.05) is 169 Å². The number of rotatable bonds is 11. The van der Waals surface area contributed by atoms with Gasteiger partial charge < -0.3 is 26.7 Å². The fourth-order valence-electron chi connectivity index (χ4n) is 24.4. The second-order valence-corrected chi connectivity index (χ2v) is 38.9. The smallest absolute Gasteiger partial charge is 0.164 e. The second kappa shape index (κ2) is 32.5. The zero-order valence-corrected chi connectivity index (χ0v) is 80.3. The van der Waals surface area contributed by atoms with Gasteiger partial charge in [-0.15, -0.1) is 0 Å². The molecule has 15 heteroatoms. The Labute approximate surface area is 854 Å². The summed E-state index contributed by atoms with van der Waals surface area (Å²) in [7, 11) is 0. The molecule has 150 heavy (non-hydrogen) atoms. The normalized spacial score (nSPS) is 12.1. The van der Waals surface area contributed by atoms with Gasteiger partial charge in [-0.2, -0.15) is 0 Å². The maximum absolute atomic E-state index is 5.13. The Morgan fingerprint density at radius 2 is 0.380 bits per heavy atom. The van der Waals surface area contributed by atoms with Crippen LogP contribution in [0.25, 0.3) is 310 Å². The van der Waals surface area contributed by atoms with Crippen molar-refractivity contribution in [2.75, 3.05) is 0 Å². The summed E-state index contributed by atoms with van der Waals surface area (Å²) in [5.74, 6) is 5.89. The summed E-state index contributed by atoms with van der Waals surface area (Å²) in [5.41, 5.74) is 30.2. The maximum Gasteiger partial charge on any atom is 0.164 e. The quantitative estimate of drug-likeness (QED) is 0.124. The molecule has 0 saturated heterocycles. The van der Waals surface area contributed by atoms with E-state index in [1.807, 2.05) is 158 Å². The van der Waals surface area contributed by atoms with Gasteiger partial charge in [-0.25, -0.2) is 44.9 Å². The van der Waals surface area contributed by atoms with E-state index in [4.69, 9.17) is 44.9 Å². The number of hydrogen-bond donors (Lipinski definition) is 0. The van der Waals surface area contributed by atoms with Gasteiger partial charge in [-0.05, 0) is 97.1 Å². The molecule has 34 aromatic rings. The summed E-state index contributed by atoms with van der Waals surface area (Å²) in [6, 6.07) is 169. The molecule has 0 unspecified atom stereocenters. The predicted molar refractivity (Wildman–Crippen MR) is 616 cm³/mol. The van der Waals surface area contributed by atoms with Gasteiger partial charge in [-0.3, -0.25) is 0 Å². The van der Waals surface area contributed by atoms with E-state index in [0.717, 1.165) is 83.4 Å². The highest BCUT2D eigenvalue weighted by molar-refractivity contribution is 6.35. The molecule has 0 amide bonds. The monoisotopic (exact) mass is 1910 g/mol. The number of aromatic nitrogens is 15. The average molecular weight is 1910 g/mol. The molecule has 0 saturated carbocycles. The first-order valence-corrected chi connectivity index (χ1v) is 50.7. The van der Waals surface area contributed by atoms with E-state index in [0.29, 0.717) is 52.4 Å². The molecule has 694 valence electrons. The standard InChI is InChI=1S/C45H25N5.2C45H27N5/c1-3-12-26(13-4-1)43-46-44(27-14-5-2-6-15-27)48-45(47-43)33-21-11-23-37-40(33)32-20-10-19-31-35-24-38-34(25-39(35)50(37)42(31)32)30-18-9-17-29-28-16-7-8-22-36(28)49(38)41(29)30;1-3-13-28(14-4-1)43-46-44(29-15-5-2-6-16-29)48-45(47-43)30-23-24-35-37-27-31(49-38-20-10-7-17-32(38)33-18-8-11-21-39(33)49)26-36-34-19-9-12-22-40(34)50(42(36)37)41(35)25-30;1-3-13-28(14-4-1)43-46-44(29-15-5-2-6-16-29)48-45(47-43)30-17-11-18-31(27-30)49-37-24-10-8-20-34(37)40-38(49)25-26-39-41(40)35-22-12-21-33-32-19-7-9-23-36(32)50(39)42(33)35/h1-25H;2*1-27H. The van der Waals surface area contributed by atoms with Crippen molar-refractivity contribution in [3.8, 4) is 114 Å². The molecule has 0 fully saturated rings. The Bertz CT molecular complexity index is 11300. The van der Waals surface area contributed by atoms with Crippen molar-refractivity contribution >= 4 is 196 Å². The van der Waals surface area contributed by atoms with Gasteiger partial charge in [0.2, 0.25) is 0 Å². The summed E-state index contributed by atoms with van der Waals surface area (Å²) in [6.07, 6.45) is 0. The topological polar surface area (TPSA) is 144 Å². The van der Waals surface area contributed by atoms with Gasteiger partial charge in [0.25, 0.3) is 0 Å². The van der Waals surface area contributed by atoms with E-state index in [1.54, 1.807) is 0 Å². The number of para-hydroxylation sites is 9. The molecule has 0 aliphatic rings. The second-order valence-electron chi connectivity index (χ2n) is 38.9. The van der Waals surface area contributed by atoms with Crippen LogP contribution in [-0.4, -0.2) is 71.6 Å². The van der Waals surface area contributed by atoms with Gasteiger partial charge in [0.05, 0.1) is 88.3 Å². The Morgan fingerprint density at radius 1 is 0.120 bits per heavy atom. The fourth-order valence-corrected chi connectivity index (χ4v) is 24.4. The van der Waals surface area contributed by atoms with Gasteiger partial charge in [0.1, 0.15) is 0 Å². The summed E-state index contributed by atoms with van der Waals surface area (Å²) < 4.78 is 14.6. The van der Waals surface area contributed by atoms with E-state index in [2.05, 4.69) is 348 Å². The molecule has 21 aromatic carbocycles. The Kier molecular flexibility index (Phi) is 18.0. The molecular formula is C135H79N15. The van der Waals surface area contributed by atoms with Crippen molar-refractivity contribution in [3.63, 3.8) is 0 Å². The molecule has 0 aliphatic carbocycles. The molecule has 0 N–H and O–H groups in total. The highest BCUT2D eigenvalue weighted by atomic mass is 15.1. The van der Waals surface area contributed by atoms with Crippen LogP contribution in [0.4, 0.5) is 0 Å². The highest BCUT2D eigenvalue weighted by Gasteiger charge is 2.30. The summed E-state index contributed by atoms with van der Waals surface area (Å²) >= 11 is 0. The van der Waals surface area contributed by atoms with E-state index in [9.17, 15) is 0 Å². The number of benzene rings is 21. The molecule has 13 aromatic heterocycles. The molecule has 13 heterocycles. The molecule has 0 atom stereocenters. The highest BCUT2D eigenvalue weighted by Crippen LogP contribution is 2.51. The Morgan fingerprint density at radius 3 is 0.827 bits per heavy atom. The summed E-state index contributed by atoms with van der Waals surface area (Å²) in [4.78, 5) is 45.2. The van der Waals surface area contributed by atoms with Crippen LogP contribution in [-0.2, 0) is 0 Å². The lowest BCUT2D eigenvalue weighted by molar-refractivity contribution is 1.07. The predicted octanol–water partition coefficient (Wildman–Crippen LogP) is 33.4. The minimum Gasteiger partial charge on any atom is -0.309 e. The van der Waals surface area contributed by atoms with Crippen LogP contribution in [0.1, 0.15) is 0 Å². The van der Waals surface area contributed by atoms with E-state index in [-0.39, 0.29) is 0 Å². The van der Waals surface area contributed by atoms with Crippen LogP contribution in [0.2, 0.25) is 0 Å². The third kappa shape index (κ3) is 12.4. The minimum atomic E-state index is 0.638. The number of fused-ring (bicyclic) bond motifs is 31. The van der Waals surface area contributed by atoms with E-state index < -0.39 is 0 Å². The van der Waals surface area contributed by atoms with Crippen molar-refractivity contribution in [2.24, 2.45) is 0 Å². The third-order valence-electron chi connectivity index (χ3n) is 30.8. The van der Waals surface area contributed by atoms with Crippen LogP contribution in [0.3, 0.4) is 0 Å². The largest absolute Gasteiger partial charge is 0.309 e.